The van der Waals surface area contributed by atoms with Crippen molar-refractivity contribution < 1.29 is 10.2 Å². The lowest BCUT2D eigenvalue weighted by Gasteiger charge is -2.28. The summed E-state index contributed by atoms with van der Waals surface area (Å²) in [7, 11) is 0. The molecule has 0 saturated carbocycles. The molecule has 0 unspecified atom stereocenters. The lowest BCUT2D eigenvalue weighted by molar-refractivity contribution is 0.169. The summed E-state index contributed by atoms with van der Waals surface area (Å²) in [6, 6.07) is 4.10. The highest BCUT2D eigenvalue weighted by Gasteiger charge is 2.11. The Morgan fingerprint density at radius 2 is 2.06 bits per heavy atom. The summed E-state index contributed by atoms with van der Waals surface area (Å²) in [6.07, 6.45) is 1.93. The van der Waals surface area contributed by atoms with Crippen molar-refractivity contribution >= 4 is 5.69 Å². The second-order valence-electron chi connectivity index (χ2n) is 4.38. The van der Waals surface area contributed by atoms with Crippen LogP contribution in [0, 0.1) is 0 Å². The predicted molar refractivity (Wildman–Crippen MR) is 69.1 cm³/mol. The van der Waals surface area contributed by atoms with E-state index in [2.05, 4.69) is 23.7 Å². The van der Waals surface area contributed by atoms with Crippen molar-refractivity contribution in [2.24, 2.45) is 0 Å². The molecule has 0 fully saturated rings. The number of nitrogens with zero attached hydrogens (tertiary/aromatic N) is 2. The Morgan fingerprint density at radius 3 is 2.47 bits per heavy atom. The third-order valence-corrected chi connectivity index (χ3v) is 2.79. The third kappa shape index (κ3) is 3.68. The minimum Gasteiger partial charge on any atom is -0.395 e. The maximum absolute atomic E-state index is 9.66. The Morgan fingerprint density at radius 1 is 1.35 bits per heavy atom. The van der Waals surface area contributed by atoms with Crippen LogP contribution in [0.1, 0.15) is 39.0 Å². The van der Waals surface area contributed by atoms with Gasteiger partial charge in [0.1, 0.15) is 0 Å². The van der Waals surface area contributed by atoms with E-state index in [0.717, 1.165) is 5.69 Å². The molecule has 1 aromatic rings. The van der Waals surface area contributed by atoms with Crippen molar-refractivity contribution in [3.63, 3.8) is 0 Å². The van der Waals surface area contributed by atoms with Crippen LogP contribution in [0.5, 0.6) is 0 Å². The van der Waals surface area contributed by atoms with E-state index < -0.39 is 6.10 Å². The smallest absolute Gasteiger partial charge is 0.0957 e. The maximum atomic E-state index is 9.66. The van der Waals surface area contributed by atoms with Gasteiger partial charge in [-0.15, -0.1) is 0 Å². The molecule has 4 nitrogen and oxygen atoms in total. The van der Waals surface area contributed by atoms with Gasteiger partial charge in [-0.2, -0.15) is 0 Å². The highest BCUT2D eigenvalue weighted by atomic mass is 16.3. The molecule has 0 amide bonds. The van der Waals surface area contributed by atoms with E-state index in [1.807, 2.05) is 19.1 Å². The molecule has 2 N–H and O–H groups in total. The zero-order valence-electron chi connectivity index (χ0n) is 10.8. The third-order valence-electron chi connectivity index (χ3n) is 2.79. The van der Waals surface area contributed by atoms with Crippen LogP contribution in [-0.2, 0) is 0 Å². The van der Waals surface area contributed by atoms with Gasteiger partial charge in [0.15, 0.2) is 0 Å². The Hall–Kier alpha value is -1.13. The van der Waals surface area contributed by atoms with E-state index in [4.69, 9.17) is 5.11 Å². The average Bonchev–Trinajstić information content (AvgIpc) is 2.35. The van der Waals surface area contributed by atoms with Gasteiger partial charge in [-0.1, -0.05) is 6.92 Å². The Labute approximate surface area is 103 Å². The first kappa shape index (κ1) is 13.9. The number of rotatable bonds is 6. The number of hydrogen-bond acceptors (Lipinski definition) is 4. The highest BCUT2D eigenvalue weighted by Crippen LogP contribution is 2.19. The van der Waals surface area contributed by atoms with Crippen LogP contribution in [0.3, 0.4) is 0 Å². The van der Waals surface area contributed by atoms with Gasteiger partial charge in [-0.25, -0.2) is 0 Å². The summed E-state index contributed by atoms with van der Waals surface area (Å²) >= 11 is 0. The SMILES string of the molecule is CC[C@H](O)c1ccc(N(CCO)C(C)C)cn1. The average molecular weight is 238 g/mol. The van der Waals surface area contributed by atoms with Gasteiger partial charge in [0.05, 0.1) is 30.3 Å². The van der Waals surface area contributed by atoms with Gasteiger partial charge < -0.3 is 15.1 Å². The molecule has 96 valence electrons. The Bertz CT molecular complexity index is 325. The minimum atomic E-state index is -0.491. The molecule has 0 spiro atoms. The van der Waals surface area contributed by atoms with E-state index in [0.29, 0.717) is 24.7 Å². The molecule has 0 saturated heterocycles. The number of hydrogen-bond donors (Lipinski definition) is 2. The zero-order valence-corrected chi connectivity index (χ0v) is 10.8. The molecule has 0 aliphatic heterocycles. The van der Waals surface area contributed by atoms with Gasteiger partial charge in [-0.05, 0) is 32.4 Å². The summed E-state index contributed by atoms with van der Waals surface area (Å²) < 4.78 is 0. The van der Waals surface area contributed by atoms with E-state index >= 15 is 0 Å². The summed E-state index contributed by atoms with van der Waals surface area (Å²) in [5.74, 6) is 0. The largest absolute Gasteiger partial charge is 0.395 e. The normalized spacial score (nSPS) is 12.8. The van der Waals surface area contributed by atoms with Crippen LogP contribution in [0.2, 0.25) is 0 Å². The molecule has 1 rings (SSSR count). The number of anilines is 1. The van der Waals surface area contributed by atoms with Crippen molar-refractivity contribution in [2.45, 2.75) is 39.3 Å². The molecule has 17 heavy (non-hydrogen) atoms. The Kier molecular flexibility index (Phi) is 5.38. The van der Waals surface area contributed by atoms with Crippen molar-refractivity contribution in [3.8, 4) is 0 Å². The van der Waals surface area contributed by atoms with Gasteiger partial charge in [-0.3, -0.25) is 4.98 Å². The van der Waals surface area contributed by atoms with Crippen LogP contribution in [0.25, 0.3) is 0 Å². The monoisotopic (exact) mass is 238 g/mol. The minimum absolute atomic E-state index is 0.123. The van der Waals surface area contributed by atoms with Gasteiger partial charge >= 0.3 is 0 Å². The molecule has 0 bridgehead atoms. The number of pyridine rings is 1. The molecule has 0 radical (unpaired) electrons. The van der Waals surface area contributed by atoms with Crippen molar-refractivity contribution in [1.82, 2.24) is 4.98 Å². The molecule has 1 aromatic heterocycles. The number of aromatic nitrogens is 1. The topological polar surface area (TPSA) is 56.6 Å². The van der Waals surface area contributed by atoms with Gasteiger partial charge in [0.2, 0.25) is 0 Å². The zero-order chi connectivity index (χ0) is 12.8. The second kappa shape index (κ2) is 6.57. The van der Waals surface area contributed by atoms with Crippen molar-refractivity contribution in [1.29, 1.82) is 0 Å². The molecular weight excluding hydrogens is 216 g/mol. The predicted octanol–water partition coefficient (Wildman–Crippen LogP) is 1.73. The summed E-state index contributed by atoms with van der Waals surface area (Å²) in [4.78, 5) is 6.34. The van der Waals surface area contributed by atoms with Crippen LogP contribution in [0.15, 0.2) is 18.3 Å². The molecule has 0 aliphatic carbocycles. The second-order valence-corrected chi connectivity index (χ2v) is 4.38. The number of aliphatic hydroxyl groups excluding tert-OH is 2. The van der Waals surface area contributed by atoms with Crippen molar-refractivity contribution in [3.05, 3.63) is 24.0 Å². The molecule has 0 aliphatic rings. The highest BCUT2D eigenvalue weighted by molar-refractivity contribution is 5.45. The van der Waals surface area contributed by atoms with Crippen molar-refractivity contribution in [2.75, 3.05) is 18.1 Å². The molecular formula is C13H22N2O2. The van der Waals surface area contributed by atoms with Crippen LogP contribution in [-0.4, -0.2) is 34.4 Å². The lowest BCUT2D eigenvalue weighted by atomic mass is 10.1. The molecule has 1 atom stereocenters. The Balaban J connectivity index is 2.84. The summed E-state index contributed by atoms with van der Waals surface area (Å²) in [5.41, 5.74) is 1.67. The van der Waals surface area contributed by atoms with Crippen LogP contribution < -0.4 is 4.90 Å². The van der Waals surface area contributed by atoms with Crippen LogP contribution >= 0.6 is 0 Å². The van der Waals surface area contributed by atoms with E-state index in [1.165, 1.54) is 0 Å². The first-order valence-electron chi connectivity index (χ1n) is 6.11. The molecule has 0 aromatic carbocycles. The van der Waals surface area contributed by atoms with Gasteiger partial charge in [0.25, 0.3) is 0 Å². The van der Waals surface area contributed by atoms with E-state index in [1.54, 1.807) is 6.20 Å². The fourth-order valence-electron chi connectivity index (χ4n) is 1.77. The standard InChI is InChI=1S/C13H22N2O2/c1-4-13(17)12-6-5-11(9-14-12)15(7-8-16)10(2)3/h5-6,9-10,13,16-17H,4,7-8H2,1-3H3/t13-/m0/s1. The summed E-state index contributed by atoms with van der Waals surface area (Å²) in [5, 5.41) is 18.7. The van der Waals surface area contributed by atoms with E-state index in [-0.39, 0.29) is 6.61 Å². The fraction of sp³-hybridized carbons (Fsp3) is 0.615. The van der Waals surface area contributed by atoms with Gasteiger partial charge in [0, 0.05) is 12.6 Å². The van der Waals surface area contributed by atoms with E-state index in [9.17, 15) is 5.11 Å². The first-order valence-corrected chi connectivity index (χ1v) is 6.11. The maximum Gasteiger partial charge on any atom is 0.0957 e. The molecule has 1 heterocycles. The van der Waals surface area contributed by atoms with Crippen LogP contribution in [0.4, 0.5) is 5.69 Å². The fourth-order valence-corrected chi connectivity index (χ4v) is 1.77. The first-order chi connectivity index (χ1) is 8.10. The lowest BCUT2D eigenvalue weighted by Crippen LogP contribution is -2.33. The molecule has 4 heteroatoms. The summed E-state index contributed by atoms with van der Waals surface area (Å²) in [6.45, 7) is 6.79. The number of aliphatic hydroxyl groups is 2. The quantitative estimate of drug-likeness (QED) is 0.792.